The monoisotopic (exact) mass is 249 g/mol. The molecule has 0 aromatic heterocycles. The SMILES string of the molecule is CC(C)NC(=O)CCN(C)c1ccccc1CN. The Morgan fingerprint density at radius 2 is 2.06 bits per heavy atom. The van der Waals surface area contributed by atoms with Gasteiger partial charge < -0.3 is 16.0 Å². The Morgan fingerprint density at radius 1 is 1.39 bits per heavy atom. The summed E-state index contributed by atoms with van der Waals surface area (Å²) in [5.41, 5.74) is 7.90. The molecule has 100 valence electrons. The number of nitrogens with one attached hydrogen (secondary N) is 1. The summed E-state index contributed by atoms with van der Waals surface area (Å²) in [7, 11) is 1.98. The van der Waals surface area contributed by atoms with Crippen molar-refractivity contribution in [3.63, 3.8) is 0 Å². The standard InChI is InChI=1S/C14H23N3O/c1-11(2)16-14(18)8-9-17(3)13-7-5-4-6-12(13)10-15/h4-7,11H,8-10,15H2,1-3H3,(H,16,18). The van der Waals surface area contributed by atoms with E-state index < -0.39 is 0 Å². The molecule has 0 heterocycles. The molecule has 0 aliphatic heterocycles. The Balaban J connectivity index is 2.55. The number of nitrogens with zero attached hydrogens (tertiary/aromatic N) is 1. The van der Waals surface area contributed by atoms with Crippen LogP contribution in [0.5, 0.6) is 0 Å². The molecule has 1 rings (SSSR count). The number of anilines is 1. The summed E-state index contributed by atoms with van der Waals surface area (Å²) in [6.07, 6.45) is 0.494. The van der Waals surface area contributed by atoms with Crippen LogP contribution in [0.2, 0.25) is 0 Å². The largest absolute Gasteiger partial charge is 0.374 e. The zero-order valence-corrected chi connectivity index (χ0v) is 11.4. The van der Waals surface area contributed by atoms with Gasteiger partial charge in [-0.05, 0) is 25.5 Å². The van der Waals surface area contributed by atoms with E-state index in [9.17, 15) is 4.79 Å². The van der Waals surface area contributed by atoms with Gasteiger partial charge in [-0.1, -0.05) is 18.2 Å². The summed E-state index contributed by atoms with van der Waals surface area (Å²) in [6, 6.07) is 8.20. The predicted molar refractivity (Wildman–Crippen MR) is 75.5 cm³/mol. The number of amides is 1. The molecule has 3 N–H and O–H groups in total. The minimum atomic E-state index is 0.0853. The summed E-state index contributed by atoms with van der Waals surface area (Å²) in [4.78, 5) is 13.7. The Kier molecular flexibility index (Phi) is 5.65. The molecule has 0 spiro atoms. The van der Waals surface area contributed by atoms with Gasteiger partial charge >= 0.3 is 0 Å². The van der Waals surface area contributed by atoms with Crippen molar-refractivity contribution in [3.8, 4) is 0 Å². The molecule has 0 bridgehead atoms. The van der Waals surface area contributed by atoms with Crippen molar-refractivity contribution in [1.82, 2.24) is 5.32 Å². The Morgan fingerprint density at radius 3 is 2.67 bits per heavy atom. The van der Waals surface area contributed by atoms with Gasteiger partial charge in [-0.2, -0.15) is 0 Å². The maximum atomic E-state index is 11.6. The molecule has 1 aromatic rings. The number of hydrogen-bond acceptors (Lipinski definition) is 3. The van der Waals surface area contributed by atoms with Crippen LogP contribution in [0.4, 0.5) is 5.69 Å². The van der Waals surface area contributed by atoms with Gasteiger partial charge in [0.1, 0.15) is 0 Å². The lowest BCUT2D eigenvalue weighted by Gasteiger charge is -2.22. The molecule has 0 radical (unpaired) electrons. The minimum absolute atomic E-state index is 0.0853. The number of carbonyl (C=O) groups is 1. The van der Waals surface area contributed by atoms with Crippen molar-refractivity contribution in [1.29, 1.82) is 0 Å². The van der Waals surface area contributed by atoms with Gasteiger partial charge in [-0.3, -0.25) is 4.79 Å². The zero-order valence-electron chi connectivity index (χ0n) is 11.4. The van der Waals surface area contributed by atoms with Crippen LogP contribution >= 0.6 is 0 Å². The van der Waals surface area contributed by atoms with Gasteiger partial charge in [0, 0.05) is 38.3 Å². The topological polar surface area (TPSA) is 58.4 Å². The molecule has 4 nitrogen and oxygen atoms in total. The van der Waals surface area contributed by atoms with E-state index in [1.54, 1.807) is 0 Å². The molecule has 0 aliphatic carbocycles. The lowest BCUT2D eigenvalue weighted by atomic mass is 10.1. The molecule has 0 atom stereocenters. The van der Waals surface area contributed by atoms with E-state index in [2.05, 4.69) is 10.2 Å². The normalized spacial score (nSPS) is 10.5. The van der Waals surface area contributed by atoms with Gasteiger partial charge in [-0.25, -0.2) is 0 Å². The average molecular weight is 249 g/mol. The van der Waals surface area contributed by atoms with Crippen LogP contribution in [0, 0.1) is 0 Å². The van der Waals surface area contributed by atoms with E-state index in [1.165, 1.54) is 0 Å². The highest BCUT2D eigenvalue weighted by atomic mass is 16.1. The number of benzene rings is 1. The number of para-hydroxylation sites is 1. The molecule has 4 heteroatoms. The highest BCUT2D eigenvalue weighted by molar-refractivity contribution is 5.76. The fraction of sp³-hybridized carbons (Fsp3) is 0.500. The van der Waals surface area contributed by atoms with Crippen molar-refractivity contribution >= 4 is 11.6 Å². The van der Waals surface area contributed by atoms with Gasteiger partial charge in [0.15, 0.2) is 0 Å². The Labute approximate surface area is 109 Å². The van der Waals surface area contributed by atoms with Crippen LogP contribution in [-0.2, 0) is 11.3 Å². The predicted octanol–water partition coefficient (Wildman–Crippen LogP) is 1.50. The highest BCUT2D eigenvalue weighted by Crippen LogP contribution is 2.18. The zero-order chi connectivity index (χ0) is 13.5. The van der Waals surface area contributed by atoms with Gasteiger partial charge in [0.05, 0.1) is 0 Å². The van der Waals surface area contributed by atoms with E-state index in [0.717, 1.165) is 11.3 Å². The second kappa shape index (κ2) is 7.01. The Bertz CT molecular complexity index is 390. The first kappa shape index (κ1) is 14.5. The van der Waals surface area contributed by atoms with Crippen LogP contribution in [0.3, 0.4) is 0 Å². The molecule has 18 heavy (non-hydrogen) atoms. The third-order valence-corrected chi connectivity index (χ3v) is 2.75. The van der Waals surface area contributed by atoms with Gasteiger partial charge in [-0.15, -0.1) is 0 Å². The first-order valence-electron chi connectivity index (χ1n) is 6.33. The first-order chi connectivity index (χ1) is 8.54. The number of rotatable bonds is 6. The van der Waals surface area contributed by atoms with Crippen molar-refractivity contribution < 1.29 is 4.79 Å². The molecular weight excluding hydrogens is 226 g/mol. The first-order valence-corrected chi connectivity index (χ1v) is 6.33. The van der Waals surface area contributed by atoms with Crippen molar-refractivity contribution in [2.45, 2.75) is 32.9 Å². The number of nitrogens with two attached hydrogens (primary N) is 1. The van der Waals surface area contributed by atoms with E-state index in [4.69, 9.17) is 5.73 Å². The summed E-state index contributed by atoms with van der Waals surface area (Å²) < 4.78 is 0. The number of carbonyl (C=O) groups excluding carboxylic acids is 1. The minimum Gasteiger partial charge on any atom is -0.374 e. The lowest BCUT2D eigenvalue weighted by Crippen LogP contribution is -2.33. The van der Waals surface area contributed by atoms with Crippen molar-refractivity contribution in [2.75, 3.05) is 18.5 Å². The van der Waals surface area contributed by atoms with E-state index in [-0.39, 0.29) is 11.9 Å². The maximum absolute atomic E-state index is 11.6. The van der Waals surface area contributed by atoms with Gasteiger partial charge in [0.2, 0.25) is 5.91 Å². The third kappa shape index (κ3) is 4.37. The summed E-state index contributed by atoms with van der Waals surface area (Å²) in [5, 5.41) is 2.89. The van der Waals surface area contributed by atoms with Crippen LogP contribution in [0.25, 0.3) is 0 Å². The molecule has 1 aromatic carbocycles. The van der Waals surface area contributed by atoms with Crippen LogP contribution in [0.15, 0.2) is 24.3 Å². The van der Waals surface area contributed by atoms with Crippen LogP contribution < -0.4 is 16.0 Å². The second-order valence-corrected chi connectivity index (χ2v) is 4.73. The maximum Gasteiger partial charge on any atom is 0.221 e. The second-order valence-electron chi connectivity index (χ2n) is 4.73. The van der Waals surface area contributed by atoms with Gasteiger partial charge in [0.25, 0.3) is 0 Å². The Hall–Kier alpha value is -1.55. The van der Waals surface area contributed by atoms with Crippen LogP contribution in [0.1, 0.15) is 25.8 Å². The highest BCUT2D eigenvalue weighted by Gasteiger charge is 2.08. The quantitative estimate of drug-likeness (QED) is 0.803. The van der Waals surface area contributed by atoms with E-state index in [1.807, 2.05) is 45.2 Å². The summed E-state index contributed by atoms with van der Waals surface area (Å²) >= 11 is 0. The van der Waals surface area contributed by atoms with Crippen LogP contribution in [-0.4, -0.2) is 25.5 Å². The van der Waals surface area contributed by atoms with Crippen molar-refractivity contribution in [3.05, 3.63) is 29.8 Å². The molecule has 1 amide bonds. The fourth-order valence-electron chi connectivity index (χ4n) is 1.84. The third-order valence-electron chi connectivity index (χ3n) is 2.75. The van der Waals surface area contributed by atoms with E-state index >= 15 is 0 Å². The molecule has 0 fully saturated rings. The van der Waals surface area contributed by atoms with Crippen molar-refractivity contribution in [2.24, 2.45) is 5.73 Å². The molecule has 0 aliphatic rings. The van der Waals surface area contributed by atoms with E-state index in [0.29, 0.717) is 19.5 Å². The molecule has 0 unspecified atom stereocenters. The summed E-state index contributed by atoms with van der Waals surface area (Å²) in [5.74, 6) is 0.0853. The fourth-order valence-corrected chi connectivity index (χ4v) is 1.84. The molecule has 0 saturated heterocycles. The number of hydrogen-bond donors (Lipinski definition) is 2. The molecule has 0 saturated carbocycles. The average Bonchev–Trinajstić information content (AvgIpc) is 2.35. The molecular formula is C14H23N3O. The smallest absolute Gasteiger partial charge is 0.221 e. The lowest BCUT2D eigenvalue weighted by molar-refractivity contribution is -0.121. The summed E-state index contributed by atoms with van der Waals surface area (Å²) in [6.45, 7) is 5.13.